The van der Waals surface area contributed by atoms with Crippen molar-refractivity contribution < 1.29 is 14.6 Å². The quantitative estimate of drug-likeness (QED) is 0.791. The molecule has 1 aromatic carbocycles. The second-order valence-corrected chi connectivity index (χ2v) is 2.49. The summed E-state index contributed by atoms with van der Waals surface area (Å²) in [6.45, 7) is 5.74. The predicted molar refractivity (Wildman–Crippen MR) is 56.0 cm³/mol. The van der Waals surface area contributed by atoms with Gasteiger partial charge in [-0.25, -0.2) is 4.79 Å². The van der Waals surface area contributed by atoms with Gasteiger partial charge in [0.2, 0.25) is 0 Å². The van der Waals surface area contributed by atoms with Gasteiger partial charge in [0.25, 0.3) is 0 Å². The lowest BCUT2D eigenvalue weighted by Crippen LogP contribution is -1.99. The molecule has 1 N–H and O–H groups in total. The second kappa shape index (κ2) is 6.02. The SMILES string of the molecule is CC.COc1ccc(C(=O)O)c(C)c1. The predicted octanol–water partition coefficient (Wildman–Crippen LogP) is 2.73. The molecule has 0 heterocycles. The summed E-state index contributed by atoms with van der Waals surface area (Å²) in [5, 5.41) is 8.69. The largest absolute Gasteiger partial charge is 0.497 e. The molecule has 0 aliphatic rings. The number of aromatic carboxylic acids is 1. The minimum atomic E-state index is -0.907. The fraction of sp³-hybridized carbons (Fsp3) is 0.364. The Morgan fingerprint density at radius 1 is 1.36 bits per heavy atom. The molecule has 0 radical (unpaired) electrons. The molecular weight excluding hydrogens is 180 g/mol. The summed E-state index contributed by atoms with van der Waals surface area (Å²) in [4.78, 5) is 10.6. The topological polar surface area (TPSA) is 46.5 Å². The lowest BCUT2D eigenvalue weighted by Gasteiger charge is -2.03. The lowest BCUT2D eigenvalue weighted by atomic mass is 10.1. The van der Waals surface area contributed by atoms with Crippen LogP contribution in [0.15, 0.2) is 18.2 Å². The molecule has 0 bridgehead atoms. The first-order valence-electron chi connectivity index (χ1n) is 4.53. The van der Waals surface area contributed by atoms with E-state index in [9.17, 15) is 4.79 Å². The number of carboxylic acid groups (broad SMARTS) is 1. The van der Waals surface area contributed by atoms with Crippen molar-refractivity contribution in [2.24, 2.45) is 0 Å². The maximum atomic E-state index is 10.6. The highest BCUT2D eigenvalue weighted by Crippen LogP contribution is 2.16. The van der Waals surface area contributed by atoms with Crippen LogP contribution in [0.25, 0.3) is 0 Å². The second-order valence-electron chi connectivity index (χ2n) is 2.49. The molecule has 78 valence electrons. The zero-order valence-corrected chi connectivity index (χ0v) is 9.00. The summed E-state index contributed by atoms with van der Waals surface area (Å²) in [5.41, 5.74) is 1.03. The molecule has 1 rings (SSSR count). The standard InChI is InChI=1S/C9H10O3.C2H6/c1-6-5-7(12-2)3-4-8(6)9(10)11;1-2/h3-5H,1-2H3,(H,10,11);1-2H3. The van der Waals surface area contributed by atoms with Gasteiger partial charge in [0.05, 0.1) is 12.7 Å². The third-order valence-electron chi connectivity index (χ3n) is 1.66. The van der Waals surface area contributed by atoms with Gasteiger partial charge in [-0.1, -0.05) is 13.8 Å². The maximum absolute atomic E-state index is 10.6. The van der Waals surface area contributed by atoms with Gasteiger partial charge in [-0.05, 0) is 30.7 Å². The molecule has 3 nitrogen and oxygen atoms in total. The van der Waals surface area contributed by atoms with Crippen molar-refractivity contribution in [1.82, 2.24) is 0 Å². The molecule has 0 saturated heterocycles. The van der Waals surface area contributed by atoms with E-state index in [-0.39, 0.29) is 0 Å². The van der Waals surface area contributed by atoms with Crippen LogP contribution >= 0.6 is 0 Å². The van der Waals surface area contributed by atoms with E-state index in [1.54, 1.807) is 26.2 Å². The average molecular weight is 196 g/mol. The van der Waals surface area contributed by atoms with Crippen molar-refractivity contribution in [1.29, 1.82) is 0 Å². The van der Waals surface area contributed by atoms with Crippen LogP contribution in [0.2, 0.25) is 0 Å². The maximum Gasteiger partial charge on any atom is 0.335 e. The van der Waals surface area contributed by atoms with Gasteiger partial charge in [0.15, 0.2) is 0 Å². The minimum absolute atomic E-state index is 0.316. The van der Waals surface area contributed by atoms with Crippen LogP contribution in [0.4, 0.5) is 0 Å². The average Bonchev–Trinajstić information content (AvgIpc) is 2.20. The first-order chi connectivity index (χ1) is 6.65. The van der Waals surface area contributed by atoms with Crippen LogP contribution in [0, 0.1) is 6.92 Å². The normalized spacial score (nSPS) is 8.57. The number of rotatable bonds is 2. The summed E-state index contributed by atoms with van der Waals surface area (Å²) in [6, 6.07) is 4.87. The van der Waals surface area contributed by atoms with Gasteiger partial charge in [0, 0.05) is 0 Å². The van der Waals surface area contributed by atoms with E-state index in [0.29, 0.717) is 16.9 Å². The van der Waals surface area contributed by atoms with Crippen LogP contribution in [0.5, 0.6) is 5.75 Å². The zero-order chi connectivity index (χ0) is 11.1. The number of carboxylic acids is 1. The van der Waals surface area contributed by atoms with Crippen LogP contribution in [-0.4, -0.2) is 18.2 Å². The van der Waals surface area contributed by atoms with Crippen LogP contribution < -0.4 is 4.74 Å². The van der Waals surface area contributed by atoms with Crippen molar-refractivity contribution in [3.63, 3.8) is 0 Å². The third-order valence-corrected chi connectivity index (χ3v) is 1.66. The van der Waals surface area contributed by atoms with Crippen molar-refractivity contribution in [3.8, 4) is 5.75 Å². The zero-order valence-electron chi connectivity index (χ0n) is 9.00. The van der Waals surface area contributed by atoms with Gasteiger partial charge in [-0.3, -0.25) is 0 Å². The van der Waals surface area contributed by atoms with Crippen molar-refractivity contribution in [2.45, 2.75) is 20.8 Å². The first kappa shape index (κ1) is 12.5. The van der Waals surface area contributed by atoms with Crippen LogP contribution in [0.1, 0.15) is 29.8 Å². The van der Waals surface area contributed by atoms with Gasteiger partial charge < -0.3 is 9.84 Å². The molecule has 0 amide bonds. The number of aryl methyl sites for hydroxylation is 1. The van der Waals surface area contributed by atoms with E-state index in [1.807, 2.05) is 13.8 Å². The van der Waals surface area contributed by atoms with E-state index < -0.39 is 5.97 Å². The highest BCUT2D eigenvalue weighted by molar-refractivity contribution is 5.89. The number of carbonyl (C=O) groups is 1. The number of hydrogen-bond acceptors (Lipinski definition) is 2. The molecule has 0 fully saturated rings. The molecule has 1 aromatic rings. The highest BCUT2D eigenvalue weighted by atomic mass is 16.5. The molecule has 3 heteroatoms. The Kier molecular flexibility index (Phi) is 5.37. The minimum Gasteiger partial charge on any atom is -0.497 e. The van der Waals surface area contributed by atoms with Gasteiger partial charge >= 0.3 is 5.97 Å². The summed E-state index contributed by atoms with van der Waals surface area (Å²) in [7, 11) is 1.55. The fourth-order valence-electron chi connectivity index (χ4n) is 1.00. The molecule has 0 unspecified atom stereocenters. The number of ether oxygens (including phenoxy) is 1. The summed E-state index contributed by atoms with van der Waals surface area (Å²) < 4.78 is 4.94. The van der Waals surface area contributed by atoms with E-state index in [1.165, 1.54) is 6.07 Å². The van der Waals surface area contributed by atoms with Crippen molar-refractivity contribution in [2.75, 3.05) is 7.11 Å². The van der Waals surface area contributed by atoms with Gasteiger partial charge in [-0.2, -0.15) is 0 Å². The summed E-state index contributed by atoms with van der Waals surface area (Å²) >= 11 is 0. The smallest absolute Gasteiger partial charge is 0.335 e. The van der Waals surface area contributed by atoms with E-state index in [2.05, 4.69) is 0 Å². The van der Waals surface area contributed by atoms with Gasteiger partial charge in [-0.15, -0.1) is 0 Å². The Bertz CT molecular complexity index is 305. The summed E-state index contributed by atoms with van der Waals surface area (Å²) in [6.07, 6.45) is 0. The van der Waals surface area contributed by atoms with Crippen molar-refractivity contribution >= 4 is 5.97 Å². The first-order valence-corrected chi connectivity index (χ1v) is 4.53. The molecule has 0 atom stereocenters. The molecule has 14 heavy (non-hydrogen) atoms. The third kappa shape index (κ3) is 3.09. The Balaban J connectivity index is 0.000000791. The number of hydrogen-bond donors (Lipinski definition) is 1. The fourth-order valence-corrected chi connectivity index (χ4v) is 1.00. The number of methoxy groups -OCH3 is 1. The van der Waals surface area contributed by atoms with E-state index in [4.69, 9.17) is 9.84 Å². The molecule has 0 aliphatic carbocycles. The van der Waals surface area contributed by atoms with Gasteiger partial charge in [0.1, 0.15) is 5.75 Å². The molecular formula is C11H16O3. The van der Waals surface area contributed by atoms with E-state index >= 15 is 0 Å². The van der Waals surface area contributed by atoms with E-state index in [0.717, 1.165) is 0 Å². The Morgan fingerprint density at radius 2 is 1.93 bits per heavy atom. The lowest BCUT2D eigenvalue weighted by molar-refractivity contribution is 0.0696. The molecule has 0 spiro atoms. The van der Waals surface area contributed by atoms with Crippen molar-refractivity contribution in [3.05, 3.63) is 29.3 Å². The Labute approximate surface area is 84.3 Å². The Morgan fingerprint density at radius 3 is 2.29 bits per heavy atom. The van der Waals surface area contributed by atoms with Crippen LogP contribution in [-0.2, 0) is 0 Å². The Hall–Kier alpha value is -1.51. The molecule has 0 saturated carbocycles. The summed E-state index contributed by atoms with van der Waals surface area (Å²) in [5.74, 6) is -0.229. The number of benzene rings is 1. The highest BCUT2D eigenvalue weighted by Gasteiger charge is 2.06. The monoisotopic (exact) mass is 196 g/mol. The molecule has 0 aliphatic heterocycles. The molecule has 0 aromatic heterocycles. The van der Waals surface area contributed by atoms with Crippen LogP contribution in [0.3, 0.4) is 0 Å².